The first-order valence-corrected chi connectivity index (χ1v) is 9.63. The zero-order valence-electron chi connectivity index (χ0n) is 16.8. The Kier molecular flexibility index (Phi) is 5.52. The summed E-state index contributed by atoms with van der Waals surface area (Å²) < 4.78 is 5.21. The second-order valence-electron chi connectivity index (χ2n) is 6.96. The minimum absolute atomic E-state index is 0.290. The van der Waals surface area contributed by atoms with E-state index in [-0.39, 0.29) is 5.91 Å². The number of hydrazone groups is 1. The van der Waals surface area contributed by atoms with Crippen LogP contribution in [0.1, 0.15) is 27.2 Å². The Hall–Kier alpha value is -3.99. The van der Waals surface area contributed by atoms with Crippen molar-refractivity contribution in [2.45, 2.75) is 13.8 Å². The molecule has 5 nitrogen and oxygen atoms in total. The number of amides is 1. The van der Waals surface area contributed by atoms with Gasteiger partial charge in [0.05, 0.1) is 23.0 Å². The summed E-state index contributed by atoms with van der Waals surface area (Å²) in [6.45, 7) is 4.14. The van der Waals surface area contributed by atoms with E-state index in [1.807, 2.05) is 42.5 Å². The molecule has 4 rings (SSSR count). The molecular weight excluding hydrogens is 374 g/mol. The first-order valence-electron chi connectivity index (χ1n) is 9.63. The molecule has 2 aromatic heterocycles. The Morgan fingerprint density at radius 3 is 2.70 bits per heavy atom. The van der Waals surface area contributed by atoms with Gasteiger partial charge in [-0.1, -0.05) is 30.3 Å². The fourth-order valence-electron chi connectivity index (χ4n) is 3.14. The van der Waals surface area contributed by atoms with Gasteiger partial charge in [0.25, 0.3) is 5.91 Å². The lowest BCUT2D eigenvalue weighted by molar-refractivity contribution is 0.0957. The lowest BCUT2D eigenvalue weighted by Crippen LogP contribution is -2.18. The largest absolute Gasteiger partial charge is 0.465 e. The van der Waals surface area contributed by atoms with Crippen molar-refractivity contribution in [2.75, 3.05) is 0 Å². The molecule has 1 N–H and O–H groups in total. The molecule has 148 valence electrons. The number of nitrogens with zero attached hydrogens (tertiary/aromatic N) is 2. The standard InChI is InChI=1S/C25H21N3O2/c1-17-11-12-19(15-18(17)2)24-16-22(21-9-3-4-10-23(21)27-24)25(29)28-26-13-5-7-20-8-6-14-30-20/h3-16H,1-2H3,(H,28,29)/b7-5+,26-13+. The third-order valence-corrected chi connectivity index (χ3v) is 4.89. The number of nitrogens with one attached hydrogen (secondary N) is 1. The van der Waals surface area contributed by atoms with Gasteiger partial charge in [-0.05, 0) is 67.5 Å². The molecule has 30 heavy (non-hydrogen) atoms. The normalized spacial score (nSPS) is 11.5. The highest BCUT2D eigenvalue weighted by molar-refractivity contribution is 6.07. The smallest absolute Gasteiger partial charge is 0.272 e. The van der Waals surface area contributed by atoms with E-state index in [4.69, 9.17) is 9.40 Å². The predicted molar refractivity (Wildman–Crippen MR) is 120 cm³/mol. The van der Waals surface area contributed by atoms with Crippen LogP contribution in [-0.2, 0) is 0 Å². The van der Waals surface area contributed by atoms with Gasteiger partial charge in [-0.25, -0.2) is 10.4 Å². The maximum absolute atomic E-state index is 12.9. The number of aryl methyl sites for hydroxylation is 2. The minimum Gasteiger partial charge on any atom is -0.465 e. The molecule has 0 aliphatic carbocycles. The molecule has 0 fully saturated rings. The average molecular weight is 395 g/mol. The van der Waals surface area contributed by atoms with Crippen LogP contribution in [0.15, 0.2) is 82.5 Å². The van der Waals surface area contributed by atoms with Crippen LogP contribution in [-0.4, -0.2) is 17.1 Å². The quantitative estimate of drug-likeness (QED) is 0.356. The minimum atomic E-state index is -0.290. The van der Waals surface area contributed by atoms with Gasteiger partial charge in [-0.2, -0.15) is 5.10 Å². The third-order valence-electron chi connectivity index (χ3n) is 4.89. The molecular formula is C25H21N3O2. The molecule has 1 amide bonds. The van der Waals surface area contributed by atoms with Gasteiger partial charge >= 0.3 is 0 Å². The van der Waals surface area contributed by atoms with Gasteiger partial charge in [0.15, 0.2) is 0 Å². The van der Waals surface area contributed by atoms with Gasteiger partial charge in [0.2, 0.25) is 0 Å². The summed E-state index contributed by atoms with van der Waals surface area (Å²) in [6, 6.07) is 19.2. The van der Waals surface area contributed by atoms with Gasteiger partial charge < -0.3 is 4.42 Å². The summed E-state index contributed by atoms with van der Waals surface area (Å²) in [5, 5.41) is 4.79. The van der Waals surface area contributed by atoms with E-state index in [9.17, 15) is 4.79 Å². The molecule has 4 aromatic rings. The topological polar surface area (TPSA) is 67.5 Å². The summed E-state index contributed by atoms with van der Waals surface area (Å²) in [4.78, 5) is 17.6. The Morgan fingerprint density at radius 2 is 1.90 bits per heavy atom. The molecule has 0 bridgehead atoms. The number of carbonyl (C=O) groups excluding carboxylic acids is 1. The lowest BCUT2D eigenvalue weighted by Gasteiger charge is -2.10. The van der Waals surface area contributed by atoms with Crippen molar-refractivity contribution in [3.8, 4) is 11.3 Å². The first-order chi connectivity index (χ1) is 14.6. The van der Waals surface area contributed by atoms with Crippen LogP contribution in [0, 0.1) is 13.8 Å². The number of rotatable bonds is 5. The van der Waals surface area contributed by atoms with E-state index in [0.717, 1.165) is 22.2 Å². The fraction of sp³-hybridized carbons (Fsp3) is 0.0800. The number of hydrogen-bond acceptors (Lipinski definition) is 4. The summed E-state index contributed by atoms with van der Waals surface area (Å²) in [7, 11) is 0. The number of hydrogen-bond donors (Lipinski definition) is 1. The van der Waals surface area contributed by atoms with E-state index >= 15 is 0 Å². The average Bonchev–Trinajstić information content (AvgIpc) is 3.28. The number of aromatic nitrogens is 1. The van der Waals surface area contributed by atoms with Crippen LogP contribution < -0.4 is 5.43 Å². The molecule has 0 spiro atoms. The fourth-order valence-corrected chi connectivity index (χ4v) is 3.14. The molecule has 2 aromatic carbocycles. The first kappa shape index (κ1) is 19.3. The monoisotopic (exact) mass is 395 g/mol. The maximum Gasteiger partial charge on any atom is 0.272 e. The number of para-hydroxylation sites is 1. The number of carbonyl (C=O) groups is 1. The van der Waals surface area contributed by atoms with E-state index < -0.39 is 0 Å². The van der Waals surface area contributed by atoms with E-state index in [1.54, 1.807) is 24.5 Å². The van der Waals surface area contributed by atoms with E-state index in [2.05, 4.69) is 36.5 Å². The number of allylic oxidation sites excluding steroid dienone is 1. The zero-order chi connectivity index (χ0) is 20.9. The van der Waals surface area contributed by atoms with Crippen LogP contribution in [0.4, 0.5) is 0 Å². The third kappa shape index (κ3) is 4.20. The lowest BCUT2D eigenvalue weighted by atomic mass is 10.0. The van der Waals surface area contributed by atoms with Gasteiger partial charge in [-0.15, -0.1) is 0 Å². The van der Waals surface area contributed by atoms with Crippen molar-refractivity contribution in [3.63, 3.8) is 0 Å². The summed E-state index contributed by atoms with van der Waals surface area (Å²) in [6.07, 6.45) is 6.56. The Labute approximate surface area is 174 Å². The molecule has 5 heteroatoms. The van der Waals surface area contributed by atoms with Gasteiger partial charge in [0.1, 0.15) is 5.76 Å². The van der Waals surface area contributed by atoms with Crippen molar-refractivity contribution in [1.29, 1.82) is 0 Å². The van der Waals surface area contributed by atoms with Crippen LogP contribution in [0.5, 0.6) is 0 Å². The van der Waals surface area contributed by atoms with Crippen LogP contribution in [0.25, 0.3) is 28.2 Å². The summed E-state index contributed by atoms with van der Waals surface area (Å²) in [5.41, 5.74) is 8.01. The highest BCUT2D eigenvalue weighted by atomic mass is 16.3. The van der Waals surface area contributed by atoms with Crippen molar-refractivity contribution in [2.24, 2.45) is 5.10 Å². The Balaban J connectivity index is 1.63. The molecule has 2 heterocycles. The molecule has 0 aliphatic rings. The molecule has 0 saturated heterocycles. The van der Waals surface area contributed by atoms with Gasteiger partial charge in [0, 0.05) is 17.2 Å². The maximum atomic E-state index is 12.9. The SMILES string of the molecule is Cc1ccc(-c2cc(C(=O)N/N=C/C=C/c3ccco3)c3ccccc3n2)cc1C. The number of pyridine rings is 1. The predicted octanol–water partition coefficient (Wildman–Crippen LogP) is 5.54. The Morgan fingerprint density at radius 1 is 1.03 bits per heavy atom. The van der Waals surface area contributed by atoms with Crippen LogP contribution in [0.2, 0.25) is 0 Å². The molecule has 0 unspecified atom stereocenters. The van der Waals surface area contributed by atoms with Crippen LogP contribution in [0.3, 0.4) is 0 Å². The summed E-state index contributed by atoms with van der Waals surface area (Å²) >= 11 is 0. The zero-order valence-corrected chi connectivity index (χ0v) is 16.8. The highest BCUT2D eigenvalue weighted by Crippen LogP contribution is 2.26. The second kappa shape index (κ2) is 8.57. The van der Waals surface area contributed by atoms with Gasteiger partial charge in [-0.3, -0.25) is 4.79 Å². The molecule has 0 saturated carbocycles. The number of furan rings is 1. The van der Waals surface area contributed by atoms with Crippen molar-refractivity contribution >= 4 is 29.1 Å². The Bertz CT molecular complexity index is 1250. The van der Waals surface area contributed by atoms with E-state index in [0.29, 0.717) is 11.3 Å². The highest BCUT2D eigenvalue weighted by Gasteiger charge is 2.13. The second-order valence-corrected chi connectivity index (χ2v) is 6.96. The molecule has 0 atom stereocenters. The van der Waals surface area contributed by atoms with Crippen molar-refractivity contribution in [3.05, 3.63) is 95.5 Å². The molecule has 0 radical (unpaired) electrons. The number of benzene rings is 2. The van der Waals surface area contributed by atoms with Crippen molar-refractivity contribution < 1.29 is 9.21 Å². The van der Waals surface area contributed by atoms with Crippen LogP contribution >= 0.6 is 0 Å². The summed E-state index contributed by atoms with van der Waals surface area (Å²) in [5.74, 6) is 0.423. The molecule has 0 aliphatic heterocycles. The number of fused-ring (bicyclic) bond motifs is 1. The van der Waals surface area contributed by atoms with Crippen molar-refractivity contribution in [1.82, 2.24) is 10.4 Å². The van der Waals surface area contributed by atoms with E-state index in [1.165, 1.54) is 17.3 Å².